The zero-order valence-electron chi connectivity index (χ0n) is 20.8. The molecule has 1 unspecified atom stereocenters. The quantitative estimate of drug-likeness (QED) is 0.483. The number of amides is 2. The summed E-state index contributed by atoms with van der Waals surface area (Å²) in [6, 6.07) is 14.1. The molecule has 2 aromatic carbocycles. The second kappa shape index (κ2) is 10.4. The van der Waals surface area contributed by atoms with Crippen LogP contribution in [0.4, 0.5) is 16.4 Å². The predicted octanol–water partition coefficient (Wildman–Crippen LogP) is 3.51. The number of aromatic nitrogens is 3. The molecule has 1 aromatic heterocycles. The van der Waals surface area contributed by atoms with Gasteiger partial charge in [0.1, 0.15) is 0 Å². The number of benzene rings is 2. The van der Waals surface area contributed by atoms with Crippen LogP contribution in [0, 0.1) is 0 Å². The van der Waals surface area contributed by atoms with Crippen LogP contribution in [0.5, 0.6) is 0 Å². The van der Waals surface area contributed by atoms with Gasteiger partial charge in [-0.05, 0) is 56.2 Å². The highest BCUT2D eigenvalue weighted by atomic mass is 32.2. The molecule has 1 saturated heterocycles. The van der Waals surface area contributed by atoms with E-state index in [4.69, 9.17) is 19.7 Å². The van der Waals surface area contributed by atoms with Crippen LogP contribution >= 0.6 is 0 Å². The zero-order chi connectivity index (χ0) is 26.0. The summed E-state index contributed by atoms with van der Waals surface area (Å²) in [5.74, 6) is 1.14. The van der Waals surface area contributed by atoms with Gasteiger partial charge in [0, 0.05) is 29.4 Å². The fourth-order valence-corrected chi connectivity index (χ4v) is 5.22. The summed E-state index contributed by atoms with van der Waals surface area (Å²) in [7, 11) is -3.50. The van der Waals surface area contributed by atoms with Gasteiger partial charge in [-0.25, -0.2) is 18.2 Å². The van der Waals surface area contributed by atoms with Crippen LogP contribution in [0.15, 0.2) is 53.4 Å². The molecule has 1 aliphatic carbocycles. The van der Waals surface area contributed by atoms with E-state index in [1.54, 1.807) is 43.3 Å². The highest BCUT2D eigenvalue weighted by Gasteiger charge is 2.26. The lowest BCUT2D eigenvalue weighted by Gasteiger charge is -2.33. The Morgan fingerprint density at radius 2 is 1.78 bits per heavy atom. The van der Waals surface area contributed by atoms with Crippen LogP contribution in [0.25, 0.3) is 22.8 Å². The SMILES string of the molecule is CCS(=O)(=O)c1ccccc1-c1nc(-c2ccc(NC(=O)NC3CC3)cc2)nc(N2CCOCC2C)n1. The summed E-state index contributed by atoms with van der Waals surface area (Å²) in [6.07, 6.45) is 2.03. The molecule has 2 aliphatic rings. The van der Waals surface area contributed by atoms with Crippen molar-refractivity contribution in [1.82, 2.24) is 20.3 Å². The Kier molecular flexibility index (Phi) is 7.07. The number of hydrogen-bond donors (Lipinski definition) is 2. The lowest BCUT2D eigenvalue weighted by Crippen LogP contribution is -2.44. The molecule has 1 atom stereocenters. The van der Waals surface area contributed by atoms with E-state index in [1.807, 2.05) is 24.0 Å². The number of nitrogens with zero attached hydrogens (tertiary/aromatic N) is 4. The maximum atomic E-state index is 12.8. The predicted molar refractivity (Wildman–Crippen MR) is 141 cm³/mol. The summed E-state index contributed by atoms with van der Waals surface area (Å²) in [6.45, 7) is 5.35. The number of carbonyl (C=O) groups is 1. The Labute approximate surface area is 216 Å². The number of morpholine rings is 1. The third-order valence-corrected chi connectivity index (χ3v) is 8.19. The third kappa shape index (κ3) is 5.72. The first-order chi connectivity index (χ1) is 17.8. The van der Waals surface area contributed by atoms with E-state index in [1.165, 1.54) is 0 Å². The molecular formula is C26H30N6O4S. The first-order valence-corrected chi connectivity index (χ1v) is 14.1. The highest BCUT2D eigenvalue weighted by molar-refractivity contribution is 7.91. The first kappa shape index (κ1) is 25.1. The molecule has 3 aromatic rings. The Morgan fingerprint density at radius 3 is 2.49 bits per heavy atom. The van der Waals surface area contributed by atoms with Gasteiger partial charge in [-0.3, -0.25) is 0 Å². The molecule has 194 valence electrons. The molecule has 5 rings (SSSR count). The van der Waals surface area contributed by atoms with Crippen molar-refractivity contribution < 1.29 is 17.9 Å². The van der Waals surface area contributed by atoms with Gasteiger partial charge >= 0.3 is 6.03 Å². The lowest BCUT2D eigenvalue weighted by atomic mass is 10.1. The fourth-order valence-electron chi connectivity index (χ4n) is 4.13. The number of nitrogens with one attached hydrogen (secondary N) is 2. The van der Waals surface area contributed by atoms with E-state index in [-0.39, 0.29) is 34.6 Å². The molecule has 10 nitrogen and oxygen atoms in total. The van der Waals surface area contributed by atoms with Crippen LogP contribution in [-0.2, 0) is 14.6 Å². The van der Waals surface area contributed by atoms with Crippen molar-refractivity contribution in [3.05, 3.63) is 48.5 Å². The second-order valence-corrected chi connectivity index (χ2v) is 11.5. The number of anilines is 2. The van der Waals surface area contributed by atoms with Crippen molar-refractivity contribution in [3.8, 4) is 22.8 Å². The van der Waals surface area contributed by atoms with E-state index >= 15 is 0 Å². The maximum absolute atomic E-state index is 12.8. The minimum Gasteiger partial charge on any atom is -0.377 e. The van der Waals surface area contributed by atoms with E-state index in [2.05, 4.69) is 10.6 Å². The van der Waals surface area contributed by atoms with E-state index in [0.29, 0.717) is 42.8 Å². The molecule has 0 bridgehead atoms. The summed E-state index contributed by atoms with van der Waals surface area (Å²) in [5, 5.41) is 5.73. The molecule has 2 amide bonds. The number of rotatable bonds is 7. The van der Waals surface area contributed by atoms with E-state index in [9.17, 15) is 13.2 Å². The van der Waals surface area contributed by atoms with Crippen molar-refractivity contribution in [2.24, 2.45) is 0 Å². The Morgan fingerprint density at radius 1 is 1.05 bits per heavy atom. The molecule has 2 heterocycles. The molecule has 11 heteroatoms. The minimum atomic E-state index is -3.50. The molecule has 0 radical (unpaired) electrons. The normalized spacial score (nSPS) is 17.9. The van der Waals surface area contributed by atoms with E-state index < -0.39 is 9.84 Å². The molecule has 2 fully saturated rings. The molecule has 2 N–H and O–H groups in total. The van der Waals surface area contributed by atoms with Gasteiger partial charge in [-0.15, -0.1) is 0 Å². The van der Waals surface area contributed by atoms with Gasteiger partial charge in [-0.1, -0.05) is 19.1 Å². The summed E-state index contributed by atoms with van der Waals surface area (Å²) in [4.78, 5) is 28.5. The number of ether oxygens (including phenoxy) is 1. The second-order valence-electron chi connectivity index (χ2n) is 9.25. The molecular weight excluding hydrogens is 492 g/mol. The fraction of sp³-hybridized carbons (Fsp3) is 0.385. The summed E-state index contributed by atoms with van der Waals surface area (Å²) < 4.78 is 31.3. The monoisotopic (exact) mass is 522 g/mol. The Bertz CT molecular complexity index is 1390. The average molecular weight is 523 g/mol. The highest BCUT2D eigenvalue weighted by Crippen LogP contribution is 2.30. The van der Waals surface area contributed by atoms with Crippen molar-refractivity contribution in [2.45, 2.75) is 43.7 Å². The van der Waals surface area contributed by atoms with Crippen LogP contribution in [-0.4, -0.2) is 67.0 Å². The van der Waals surface area contributed by atoms with Crippen LogP contribution < -0.4 is 15.5 Å². The Hall–Kier alpha value is -3.57. The van der Waals surface area contributed by atoms with Crippen LogP contribution in [0.3, 0.4) is 0 Å². The summed E-state index contributed by atoms with van der Waals surface area (Å²) >= 11 is 0. The molecule has 0 spiro atoms. The van der Waals surface area contributed by atoms with Crippen molar-refractivity contribution >= 4 is 27.5 Å². The van der Waals surface area contributed by atoms with Gasteiger partial charge < -0.3 is 20.3 Å². The number of urea groups is 1. The van der Waals surface area contributed by atoms with Crippen molar-refractivity contribution in [3.63, 3.8) is 0 Å². The van der Waals surface area contributed by atoms with E-state index in [0.717, 1.165) is 18.4 Å². The summed E-state index contributed by atoms with van der Waals surface area (Å²) in [5.41, 5.74) is 1.80. The van der Waals surface area contributed by atoms with Gasteiger partial charge in [-0.2, -0.15) is 9.97 Å². The standard InChI is InChI=1S/C26H30N6O4S/c1-3-37(34,35)22-7-5-4-6-21(22)24-29-23(30-25(31-24)32-14-15-36-16-17(32)2)18-8-10-19(11-9-18)27-26(33)28-20-12-13-20/h4-11,17,20H,3,12-16H2,1-2H3,(H2,27,28,33). The first-order valence-electron chi connectivity index (χ1n) is 12.4. The average Bonchev–Trinajstić information content (AvgIpc) is 3.73. The van der Waals surface area contributed by atoms with Crippen molar-refractivity contribution in [2.75, 3.05) is 35.7 Å². The smallest absolute Gasteiger partial charge is 0.319 e. The molecule has 37 heavy (non-hydrogen) atoms. The van der Waals surface area contributed by atoms with Crippen molar-refractivity contribution in [1.29, 1.82) is 0 Å². The largest absolute Gasteiger partial charge is 0.377 e. The maximum Gasteiger partial charge on any atom is 0.319 e. The van der Waals surface area contributed by atoms with Crippen LogP contribution in [0.2, 0.25) is 0 Å². The van der Waals surface area contributed by atoms with Gasteiger partial charge in [0.15, 0.2) is 21.5 Å². The molecule has 1 saturated carbocycles. The van der Waals surface area contributed by atoms with Gasteiger partial charge in [0.25, 0.3) is 0 Å². The topological polar surface area (TPSA) is 126 Å². The zero-order valence-corrected chi connectivity index (χ0v) is 21.7. The minimum absolute atomic E-state index is 0.0297. The number of carbonyl (C=O) groups excluding carboxylic acids is 1. The number of sulfone groups is 1. The van der Waals surface area contributed by atoms with Crippen LogP contribution in [0.1, 0.15) is 26.7 Å². The van der Waals surface area contributed by atoms with Gasteiger partial charge in [0.05, 0.1) is 29.9 Å². The third-order valence-electron chi connectivity index (χ3n) is 6.40. The Balaban J connectivity index is 1.54. The lowest BCUT2D eigenvalue weighted by molar-refractivity contribution is 0.0981. The van der Waals surface area contributed by atoms with Gasteiger partial charge in [0.2, 0.25) is 5.95 Å². The number of hydrogen-bond acceptors (Lipinski definition) is 8. The molecule has 1 aliphatic heterocycles.